The molecule has 2 aromatic carbocycles. The van der Waals surface area contributed by atoms with Crippen LogP contribution in [0.3, 0.4) is 0 Å². The zero-order valence-corrected chi connectivity index (χ0v) is 18.0. The highest BCUT2D eigenvalue weighted by Gasteiger charge is 2.21. The smallest absolute Gasteiger partial charge is 0.341 e. The third kappa shape index (κ3) is 5.07. The topological polar surface area (TPSA) is 55.4 Å². The molecular weight excluding hydrogens is 429 g/mol. The fraction of sp³-hybridized carbons (Fsp3) is 0.0909. The van der Waals surface area contributed by atoms with E-state index < -0.39 is 11.9 Å². The van der Waals surface area contributed by atoms with Gasteiger partial charge in [0, 0.05) is 27.1 Å². The van der Waals surface area contributed by atoms with Crippen LogP contribution in [0, 0.1) is 6.92 Å². The van der Waals surface area contributed by atoms with Crippen molar-refractivity contribution in [3.8, 4) is 11.1 Å². The number of nitrogens with one attached hydrogen (secondary N) is 1. The van der Waals surface area contributed by atoms with Gasteiger partial charge in [-0.25, -0.2) is 4.79 Å². The van der Waals surface area contributed by atoms with Crippen LogP contribution in [0.25, 0.3) is 17.2 Å². The second-order valence-corrected chi connectivity index (χ2v) is 7.92. The highest BCUT2D eigenvalue weighted by molar-refractivity contribution is 7.15. The van der Waals surface area contributed by atoms with Gasteiger partial charge in [-0.3, -0.25) is 4.79 Å². The van der Waals surface area contributed by atoms with Crippen molar-refractivity contribution in [3.05, 3.63) is 80.7 Å². The Bertz CT molecular complexity index is 1090. The maximum atomic E-state index is 12.4. The lowest BCUT2D eigenvalue weighted by molar-refractivity contribution is -0.111. The lowest BCUT2D eigenvalue weighted by atomic mass is 10.0. The largest absolute Gasteiger partial charge is 0.465 e. The number of hydrogen-bond donors (Lipinski definition) is 1. The first-order valence-electron chi connectivity index (χ1n) is 8.60. The minimum Gasteiger partial charge on any atom is -0.465 e. The van der Waals surface area contributed by atoms with Gasteiger partial charge in [0.1, 0.15) is 10.6 Å². The SMILES string of the molecule is COC(=O)c1c(-c2ccc(C)cc2)csc1NC(=O)/C=C\c1ccc(Cl)cc1Cl. The number of halogens is 2. The van der Waals surface area contributed by atoms with Crippen molar-refractivity contribution in [1.82, 2.24) is 0 Å². The number of esters is 1. The lowest BCUT2D eigenvalue weighted by Gasteiger charge is -2.07. The van der Waals surface area contributed by atoms with Gasteiger partial charge in [-0.05, 0) is 36.3 Å². The van der Waals surface area contributed by atoms with Gasteiger partial charge in [-0.2, -0.15) is 0 Å². The maximum Gasteiger partial charge on any atom is 0.341 e. The van der Waals surface area contributed by atoms with Crippen molar-refractivity contribution in [2.45, 2.75) is 6.92 Å². The van der Waals surface area contributed by atoms with Crippen LogP contribution in [0.1, 0.15) is 21.5 Å². The van der Waals surface area contributed by atoms with Crippen molar-refractivity contribution < 1.29 is 14.3 Å². The maximum absolute atomic E-state index is 12.4. The van der Waals surface area contributed by atoms with Crippen molar-refractivity contribution in [2.75, 3.05) is 12.4 Å². The number of amides is 1. The highest BCUT2D eigenvalue weighted by Crippen LogP contribution is 2.36. The first-order chi connectivity index (χ1) is 13.9. The van der Waals surface area contributed by atoms with E-state index in [4.69, 9.17) is 27.9 Å². The van der Waals surface area contributed by atoms with Crippen molar-refractivity contribution in [2.24, 2.45) is 0 Å². The second kappa shape index (κ2) is 9.27. The van der Waals surface area contributed by atoms with Gasteiger partial charge in [0.15, 0.2) is 0 Å². The molecule has 0 aliphatic heterocycles. The minimum absolute atomic E-state index is 0.327. The Morgan fingerprint density at radius 2 is 1.83 bits per heavy atom. The number of ether oxygens (including phenoxy) is 1. The van der Waals surface area contributed by atoms with E-state index in [1.54, 1.807) is 24.3 Å². The minimum atomic E-state index is -0.512. The molecule has 1 amide bonds. The summed E-state index contributed by atoms with van der Waals surface area (Å²) in [5.74, 6) is -0.902. The molecule has 3 rings (SSSR count). The van der Waals surface area contributed by atoms with Crippen LogP contribution in [-0.4, -0.2) is 19.0 Å². The van der Waals surface area contributed by atoms with E-state index in [0.29, 0.717) is 31.7 Å². The molecule has 0 spiro atoms. The molecule has 0 fully saturated rings. The van der Waals surface area contributed by atoms with Gasteiger partial charge in [0.2, 0.25) is 5.91 Å². The van der Waals surface area contributed by atoms with E-state index in [1.807, 2.05) is 36.6 Å². The number of aryl methyl sites for hydroxylation is 1. The number of benzene rings is 2. The van der Waals surface area contributed by atoms with Crippen molar-refractivity contribution >= 4 is 57.5 Å². The number of carbonyl (C=O) groups is 2. The molecule has 0 aliphatic carbocycles. The molecule has 7 heteroatoms. The standard InChI is InChI=1S/C22H17Cl2NO3S/c1-13-3-5-14(6-4-13)17-12-29-21(20(17)22(27)28-2)25-19(26)10-8-15-7-9-16(23)11-18(15)24/h3-12H,1-2H3,(H,25,26)/b10-8-. The molecule has 148 valence electrons. The van der Waals surface area contributed by atoms with E-state index in [9.17, 15) is 9.59 Å². The summed E-state index contributed by atoms with van der Waals surface area (Å²) in [4.78, 5) is 24.8. The summed E-state index contributed by atoms with van der Waals surface area (Å²) in [6.07, 6.45) is 2.93. The molecule has 0 aliphatic rings. The first-order valence-corrected chi connectivity index (χ1v) is 10.2. The fourth-order valence-corrected chi connectivity index (χ4v) is 4.09. The zero-order chi connectivity index (χ0) is 21.0. The van der Waals surface area contributed by atoms with Crippen LogP contribution >= 0.6 is 34.5 Å². The molecule has 0 radical (unpaired) electrons. The van der Waals surface area contributed by atoms with Crippen molar-refractivity contribution in [1.29, 1.82) is 0 Å². The predicted octanol–water partition coefficient (Wildman–Crippen LogP) is 6.47. The van der Waals surface area contributed by atoms with E-state index in [2.05, 4.69) is 5.32 Å². The Morgan fingerprint density at radius 3 is 2.48 bits per heavy atom. The van der Waals surface area contributed by atoms with E-state index in [1.165, 1.54) is 24.5 Å². The average Bonchev–Trinajstić information content (AvgIpc) is 3.10. The van der Waals surface area contributed by atoms with Gasteiger partial charge in [-0.1, -0.05) is 59.1 Å². The molecule has 0 unspecified atom stereocenters. The molecular formula is C22H17Cl2NO3S. The van der Waals surface area contributed by atoms with Gasteiger partial charge < -0.3 is 10.1 Å². The third-order valence-corrected chi connectivity index (χ3v) is 5.61. The summed E-state index contributed by atoms with van der Waals surface area (Å²) in [5, 5.41) is 5.95. The number of hydrogen-bond acceptors (Lipinski definition) is 4. The molecule has 0 atom stereocenters. The molecule has 29 heavy (non-hydrogen) atoms. The van der Waals surface area contributed by atoms with E-state index >= 15 is 0 Å². The van der Waals surface area contributed by atoms with Gasteiger partial charge >= 0.3 is 5.97 Å². The molecule has 1 N–H and O–H groups in total. The quantitative estimate of drug-likeness (QED) is 0.361. The summed E-state index contributed by atoms with van der Waals surface area (Å²) in [5.41, 5.74) is 3.68. The van der Waals surface area contributed by atoms with Gasteiger partial charge in [0.05, 0.1) is 7.11 Å². The Hall–Kier alpha value is -2.60. The Labute approximate surface area is 182 Å². The number of rotatable bonds is 5. The van der Waals surface area contributed by atoms with Crippen LogP contribution in [-0.2, 0) is 9.53 Å². The Morgan fingerprint density at radius 1 is 1.10 bits per heavy atom. The molecule has 0 saturated carbocycles. The van der Waals surface area contributed by atoms with Crippen LogP contribution < -0.4 is 5.32 Å². The van der Waals surface area contributed by atoms with Gasteiger partial charge in [-0.15, -0.1) is 11.3 Å². The van der Waals surface area contributed by atoms with Crippen LogP contribution in [0.15, 0.2) is 53.9 Å². The Kier molecular flexibility index (Phi) is 6.75. The first kappa shape index (κ1) is 21.1. The normalized spacial score (nSPS) is 10.9. The van der Waals surface area contributed by atoms with Crippen LogP contribution in [0.5, 0.6) is 0 Å². The molecule has 0 saturated heterocycles. The van der Waals surface area contributed by atoms with Crippen LogP contribution in [0.2, 0.25) is 10.0 Å². The molecule has 1 aromatic heterocycles. The van der Waals surface area contributed by atoms with E-state index in [0.717, 1.165) is 11.1 Å². The highest BCUT2D eigenvalue weighted by atomic mass is 35.5. The lowest BCUT2D eigenvalue weighted by Crippen LogP contribution is -2.11. The molecule has 1 heterocycles. The third-order valence-electron chi connectivity index (χ3n) is 4.16. The van der Waals surface area contributed by atoms with Gasteiger partial charge in [0.25, 0.3) is 0 Å². The second-order valence-electron chi connectivity index (χ2n) is 6.20. The molecule has 4 nitrogen and oxygen atoms in total. The molecule has 0 bridgehead atoms. The summed E-state index contributed by atoms with van der Waals surface area (Å²) in [7, 11) is 1.31. The zero-order valence-electron chi connectivity index (χ0n) is 15.7. The van der Waals surface area contributed by atoms with Crippen LogP contribution in [0.4, 0.5) is 5.00 Å². The summed E-state index contributed by atoms with van der Waals surface area (Å²) in [6, 6.07) is 12.8. The monoisotopic (exact) mass is 445 g/mol. The number of thiophene rings is 1. The summed E-state index contributed by atoms with van der Waals surface area (Å²) in [6.45, 7) is 1.99. The van der Waals surface area contributed by atoms with Crippen molar-refractivity contribution in [3.63, 3.8) is 0 Å². The number of anilines is 1. The van der Waals surface area contributed by atoms with E-state index in [-0.39, 0.29) is 0 Å². The number of methoxy groups -OCH3 is 1. The Balaban J connectivity index is 1.86. The predicted molar refractivity (Wildman–Crippen MR) is 120 cm³/mol. The average molecular weight is 446 g/mol. The fourth-order valence-electron chi connectivity index (χ4n) is 2.66. The number of carbonyl (C=O) groups excluding carboxylic acids is 2. The summed E-state index contributed by atoms with van der Waals surface area (Å²) >= 11 is 13.3. The molecule has 3 aromatic rings. The summed E-state index contributed by atoms with van der Waals surface area (Å²) < 4.78 is 4.93.